The third-order valence-corrected chi connectivity index (χ3v) is 4.16. The summed E-state index contributed by atoms with van der Waals surface area (Å²) in [6.45, 7) is 0.294. The molecule has 3 rings (SSSR count). The van der Waals surface area contributed by atoms with E-state index in [1.54, 1.807) is 0 Å². The molecule has 0 saturated heterocycles. The Labute approximate surface area is 102 Å². The molecule has 2 aliphatic carbocycles. The third-order valence-electron chi connectivity index (χ3n) is 4.16. The van der Waals surface area contributed by atoms with E-state index in [2.05, 4.69) is 17.4 Å². The molecule has 2 aliphatic rings. The molecule has 3 nitrogen and oxygen atoms in total. The van der Waals surface area contributed by atoms with Crippen molar-refractivity contribution in [2.75, 3.05) is 11.9 Å². The van der Waals surface area contributed by atoms with Gasteiger partial charge in [0.15, 0.2) is 0 Å². The van der Waals surface area contributed by atoms with Crippen LogP contribution in [0.3, 0.4) is 0 Å². The number of aromatic nitrogens is 1. The van der Waals surface area contributed by atoms with Gasteiger partial charge in [-0.15, -0.1) is 0 Å². The van der Waals surface area contributed by atoms with Crippen molar-refractivity contribution in [1.29, 1.82) is 0 Å². The molecule has 1 saturated carbocycles. The number of hydrogen-bond donors (Lipinski definition) is 2. The summed E-state index contributed by atoms with van der Waals surface area (Å²) in [5.41, 5.74) is 2.69. The smallest absolute Gasteiger partial charge is 0.126 e. The molecule has 17 heavy (non-hydrogen) atoms. The molecule has 1 fully saturated rings. The van der Waals surface area contributed by atoms with Crippen molar-refractivity contribution in [3.8, 4) is 0 Å². The summed E-state index contributed by atoms with van der Waals surface area (Å²) in [6.07, 6.45) is 7.07. The van der Waals surface area contributed by atoms with Gasteiger partial charge in [-0.1, -0.05) is 12.5 Å². The summed E-state index contributed by atoms with van der Waals surface area (Å²) in [7, 11) is 0. The van der Waals surface area contributed by atoms with Crippen LogP contribution in [0.5, 0.6) is 0 Å². The van der Waals surface area contributed by atoms with Gasteiger partial charge in [0, 0.05) is 24.3 Å². The highest BCUT2D eigenvalue weighted by molar-refractivity contribution is 5.41. The molecule has 0 radical (unpaired) electrons. The topological polar surface area (TPSA) is 45.1 Å². The zero-order valence-electron chi connectivity index (χ0n) is 10.2. The van der Waals surface area contributed by atoms with E-state index in [1.807, 2.05) is 0 Å². The maximum atomic E-state index is 9.31. The highest BCUT2D eigenvalue weighted by Gasteiger charge is 2.26. The number of anilines is 1. The highest BCUT2D eigenvalue weighted by atomic mass is 16.3. The molecule has 2 N–H and O–H groups in total. The second-order valence-electron chi connectivity index (χ2n) is 5.28. The van der Waals surface area contributed by atoms with Crippen molar-refractivity contribution in [2.24, 2.45) is 5.92 Å². The van der Waals surface area contributed by atoms with Gasteiger partial charge < -0.3 is 10.4 Å². The van der Waals surface area contributed by atoms with Crippen LogP contribution in [-0.4, -0.2) is 22.7 Å². The maximum Gasteiger partial charge on any atom is 0.126 e. The van der Waals surface area contributed by atoms with Gasteiger partial charge in [-0.2, -0.15) is 0 Å². The maximum absolute atomic E-state index is 9.31. The van der Waals surface area contributed by atoms with Crippen LogP contribution in [-0.2, 0) is 12.8 Å². The fraction of sp³-hybridized carbons (Fsp3) is 0.643. The lowest BCUT2D eigenvalue weighted by Gasteiger charge is -2.20. The standard InChI is InChI=1S/C14H20N2O/c17-9-11-4-2-6-13(11)16-14-8-7-10-3-1-5-12(10)15-14/h7-8,11,13,17H,1-6,9H2,(H,15,16). The molecule has 1 aromatic rings. The van der Waals surface area contributed by atoms with Crippen LogP contribution in [0.1, 0.15) is 36.9 Å². The minimum atomic E-state index is 0.294. The van der Waals surface area contributed by atoms with Gasteiger partial charge in [-0.25, -0.2) is 4.98 Å². The van der Waals surface area contributed by atoms with E-state index < -0.39 is 0 Å². The fourth-order valence-corrected chi connectivity index (χ4v) is 3.14. The summed E-state index contributed by atoms with van der Waals surface area (Å²) in [5.74, 6) is 1.40. The van der Waals surface area contributed by atoms with E-state index in [0.717, 1.165) is 25.1 Å². The predicted octanol–water partition coefficient (Wildman–Crippen LogP) is 2.14. The minimum absolute atomic E-state index is 0.294. The second kappa shape index (κ2) is 4.65. The van der Waals surface area contributed by atoms with Gasteiger partial charge in [-0.05, 0) is 43.7 Å². The molecule has 1 aromatic heterocycles. The number of nitrogens with zero attached hydrogens (tertiary/aromatic N) is 1. The van der Waals surface area contributed by atoms with Gasteiger partial charge in [0.2, 0.25) is 0 Å². The van der Waals surface area contributed by atoms with Crippen molar-refractivity contribution in [3.05, 3.63) is 23.4 Å². The van der Waals surface area contributed by atoms with Crippen LogP contribution < -0.4 is 5.32 Å². The average Bonchev–Trinajstić information content (AvgIpc) is 2.96. The average molecular weight is 232 g/mol. The monoisotopic (exact) mass is 232 g/mol. The number of pyridine rings is 1. The van der Waals surface area contributed by atoms with E-state index in [1.165, 1.54) is 30.5 Å². The second-order valence-corrected chi connectivity index (χ2v) is 5.28. The molecule has 1 heterocycles. The Balaban J connectivity index is 1.72. The SMILES string of the molecule is OCC1CCCC1Nc1ccc2c(n1)CCC2. The first-order valence-electron chi connectivity index (χ1n) is 6.73. The van der Waals surface area contributed by atoms with Crippen molar-refractivity contribution in [3.63, 3.8) is 0 Å². The summed E-state index contributed by atoms with van der Waals surface area (Å²) in [4.78, 5) is 4.69. The normalized spacial score (nSPS) is 27.1. The minimum Gasteiger partial charge on any atom is -0.396 e. The van der Waals surface area contributed by atoms with Crippen molar-refractivity contribution in [2.45, 2.75) is 44.6 Å². The van der Waals surface area contributed by atoms with Gasteiger partial charge >= 0.3 is 0 Å². The first kappa shape index (κ1) is 11.0. The molecular weight excluding hydrogens is 212 g/mol. The molecule has 0 aliphatic heterocycles. The first-order chi connectivity index (χ1) is 8.36. The van der Waals surface area contributed by atoms with Crippen molar-refractivity contribution >= 4 is 5.82 Å². The number of rotatable bonds is 3. The third kappa shape index (κ3) is 2.16. The van der Waals surface area contributed by atoms with E-state index in [-0.39, 0.29) is 0 Å². The zero-order chi connectivity index (χ0) is 11.7. The molecule has 2 atom stereocenters. The number of fused-ring (bicyclic) bond motifs is 1. The Morgan fingerprint density at radius 1 is 1.24 bits per heavy atom. The summed E-state index contributed by atoms with van der Waals surface area (Å²) in [5, 5.41) is 12.8. The van der Waals surface area contributed by atoms with Crippen molar-refractivity contribution in [1.82, 2.24) is 4.98 Å². The largest absolute Gasteiger partial charge is 0.396 e. The van der Waals surface area contributed by atoms with E-state index in [4.69, 9.17) is 4.98 Å². The lowest BCUT2D eigenvalue weighted by Crippen LogP contribution is -2.26. The van der Waals surface area contributed by atoms with Gasteiger partial charge in [0.05, 0.1) is 0 Å². The Bertz CT molecular complexity index is 405. The molecule has 2 unspecified atom stereocenters. The van der Waals surface area contributed by atoms with E-state index >= 15 is 0 Å². The summed E-state index contributed by atoms with van der Waals surface area (Å²) < 4.78 is 0. The molecule has 92 valence electrons. The van der Waals surface area contributed by atoms with Gasteiger partial charge in [0.1, 0.15) is 5.82 Å². The number of aliphatic hydroxyl groups is 1. The van der Waals surface area contributed by atoms with E-state index in [0.29, 0.717) is 18.6 Å². The van der Waals surface area contributed by atoms with Crippen LogP contribution in [0, 0.1) is 5.92 Å². The highest BCUT2D eigenvalue weighted by Crippen LogP contribution is 2.28. The van der Waals surface area contributed by atoms with E-state index in [9.17, 15) is 5.11 Å². The number of aryl methyl sites for hydroxylation is 2. The number of aliphatic hydroxyl groups excluding tert-OH is 1. The Kier molecular flexibility index (Phi) is 3.02. The molecule has 0 spiro atoms. The lowest BCUT2D eigenvalue weighted by atomic mass is 10.1. The summed E-state index contributed by atoms with van der Waals surface area (Å²) >= 11 is 0. The van der Waals surface area contributed by atoms with Gasteiger partial charge in [-0.3, -0.25) is 0 Å². The van der Waals surface area contributed by atoms with Crippen molar-refractivity contribution < 1.29 is 5.11 Å². The number of nitrogens with one attached hydrogen (secondary N) is 1. The van der Waals surface area contributed by atoms with Crippen LogP contribution in [0.4, 0.5) is 5.82 Å². The van der Waals surface area contributed by atoms with Crippen LogP contribution in [0.25, 0.3) is 0 Å². The molecular formula is C14H20N2O. The first-order valence-corrected chi connectivity index (χ1v) is 6.73. The van der Waals surface area contributed by atoms with Gasteiger partial charge in [0.25, 0.3) is 0 Å². The van der Waals surface area contributed by atoms with Crippen LogP contribution in [0.15, 0.2) is 12.1 Å². The fourth-order valence-electron chi connectivity index (χ4n) is 3.14. The zero-order valence-corrected chi connectivity index (χ0v) is 10.2. The Morgan fingerprint density at radius 2 is 2.18 bits per heavy atom. The lowest BCUT2D eigenvalue weighted by molar-refractivity contribution is 0.222. The number of hydrogen-bond acceptors (Lipinski definition) is 3. The molecule has 0 amide bonds. The van der Waals surface area contributed by atoms with Crippen LogP contribution >= 0.6 is 0 Å². The Morgan fingerprint density at radius 3 is 3.06 bits per heavy atom. The Hall–Kier alpha value is -1.09. The van der Waals surface area contributed by atoms with Crippen LogP contribution in [0.2, 0.25) is 0 Å². The molecule has 0 aromatic carbocycles. The summed E-state index contributed by atoms with van der Waals surface area (Å²) in [6, 6.07) is 4.71. The quantitative estimate of drug-likeness (QED) is 0.839. The molecule has 0 bridgehead atoms. The predicted molar refractivity (Wildman–Crippen MR) is 68.1 cm³/mol. The molecule has 3 heteroatoms.